The summed E-state index contributed by atoms with van der Waals surface area (Å²) in [6.07, 6.45) is 0. The van der Waals surface area contributed by atoms with Crippen molar-refractivity contribution in [2.75, 3.05) is 23.4 Å². The Morgan fingerprint density at radius 1 is 1.14 bits per heavy atom. The van der Waals surface area contributed by atoms with Gasteiger partial charge in [0, 0.05) is 5.02 Å². The summed E-state index contributed by atoms with van der Waals surface area (Å²) in [7, 11) is 0. The van der Waals surface area contributed by atoms with Crippen LogP contribution in [0.4, 0.5) is 11.4 Å². The molecule has 0 fully saturated rings. The molecule has 1 heterocycles. The zero-order valence-corrected chi connectivity index (χ0v) is 16.4. The molecule has 2 amide bonds. The lowest BCUT2D eigenvalue weighted by Gasteiger charge is -2.29. The predicted octanol–water partition coefficient (Wildman–Crippen LogP) is 3.61. The van der Waals surface area contributed by atoms with Gasteiger partial charge in [-0.15, -0.1) is 0 Å². The molecule has 0 aromatic heterocycles. The molecule has 28 heavy (non-hydrogen) atoms. The van der Waals surface area contributed by atoms with Gasteiger partial charge in [-0.1, -0.05) is 49.7 Å². The van der Waals surface area contributed by atoms with Crippen molar-refractivity contribution in [2.24, 2.45) is 5.92 Å². The number of para-hydroxylation sites is 2. The highest BCUT2D eigenvalue weighted by molar-refractivity contribution is 6.30. The molecule has 0 spiro atoms. The van der Waals surface area contributed by atoms with Crippen molar-refractivity contribution in [3.05, 3.63) is 59.1 Å². The minimum Gasteiger partial charge on any atom is -0.455 e. The monoisotopic (exact) mass is 400 g/mol. The minimum atomic E-state index is -0.512. The van der Waals surface area contributed by atoms with E-state index in [-0.39, 0.29) is 18.4 Å². The number of nitrogens with zero attached hydrogens (tertiary/aromatic N) is 1. The number of carbonyl (C=O) groups excluding carboxylic acids is 3. The van der Waals surface area contributed by atoms with Gasteiger partial charge in [0.1, 0.15) is 6.54 Å². The van der Waals surface area contributed by atoms with Crippen molar-refractivity contribution in [3.8, 4) is 0 Å². The molecule has 3 rings (SSSR count). The first kappa shape index (κ1) is 19.9. The molecule has 1 aliphatic rings. The first-order valence-electron chi connectivity index (χ1n) is 8.98. The molecule has 146 valence electrons. The van der Waals surface area contributed by atoms with Crippen LogP contribution in [-0.4, -0.2) is 30.9 Å². The highest BCUT2D eigenvalue weighted by atomic mass is 35.5. The van der Waals surface area contributed by atoms with Crippen LogP contribution in [0.2, 0.25) is 5.02 Å². The van der Waals surface area contributed by atoms with E-state index in [0.29, 0.717) is 16.4 Å². The molecule has 1 atom stereocenters. The number of anilines is 2. The number of halogens is 1. The lowest BCUT2D eigenvalue weighted by atomic mass is 9.88. The van der Waals surface area contributed by atoms with E-state index >= 15 is 0 Å². The second-order valence-corrected chi connectivity index (χ2v) is 7.36. The van der Waals surface area contributed by atoms with Crippen LogP contribution in [0.25, 0.3) is 0 Å². The molecule has 2 aromatic rings. The summed E-state index contributed by atoms with van der Waals surface area (Å²) in [4.78, 5) is 38.5. The maximum Gasteiger partial charge on any atom is 0.314 e. The molecule has 6 nitrogen and oxygen atoms in total. The van der Waals surface area contributed by atoms with Crippen molar-refractivity contribution >= 4 is 40.8 Å². The topological polar surface area (TPSA) is 75.7 Å². The number of nitrogens with one attached hydrogen (secondary N) is 1. The summed E-state index contributed by atoms with van der Waals surface area (Å²) in [5, 5.41) is 3.30. The summed E-state index contributed by atoms with van der Waals surface area (Å²) in [5.41, 5.74) is 1.92. The van der Waals surface area contributed by atoms with Gasteiger partial charge in [-0.25, -0.2) is 0 Å². The first-order valence-corrected chi connectivity index (χ1v) is 9.36. The zero-order chi connectivity index (χ0) is 20.3. The number of ether oxygens (including phenoxy) is 1. The van der Waals surface area contributed by atoms with E-state index in [9.17, 15) is 14.4 Å². The van der Waals surface area contributed by atoms with Gasteiger partial charge in [-0.2, -0.15) is 0 Å². The van der Waals surface area contributed by atoms with E-state index in [1.54, 1.807) is 48.5 Å². The van der Waals surface area contributed by atoms with Crippen LogP contribution in [0.3, 0.4) is 0 Å². The second-order valence-electron chi connectivity index (χ2n) is 6.93. The highest BCUT2D eigenvalue weighted by Crippen LogP contribution is 2.30. The maximum atomic E-state index is 12.7. The number of rotatable bonds is 5. The lowest BCUT2D eigenvalue weighted by molar-refractivity contribution is -0.150. The van der Waals surface area contributed by atoms with Gasteiger partial charge >= 0.3 is 5.97 Å². The largest absolute Gasteiger partial charge is 0.455 e. The summed E-state index contributed by atoms with van der Waals surface area (Å²) < 4.78 is 5.32. The van der Waals surface area contributed by atoms with Crippen molar-refractivity contribution in [3.63, 3.8) is 0 Å². The number of hydrogen-bond donors (Lipinski definition) is 1. The molecule has 0 bridgehead atoms. The minimum absolute atomic E-state index is 0.0229. The molecule has 0 unspecified atom stereocenters. The van der Waals surface area contributed by atoms with E-state index in [1.807, 2.05) is 13.8 Å². The zero-order valence-electron chi connectivity index (χ0n) is 15.6. The fraction of sp³-hybridized carbons (Fsp3) is 0.286. The highest BCUT2D eigenvalue weighted by Gasteiger charge is 2.30. The van der Waals surface area contributed by atoms with E-state index in [4.69, 9.17) is 16.3 Å². The quantitative estimate of drug-likeness (QED) is 0.778. The molecule has 0 aliphatic carbocycles. The van der Waals surface area contributed by atoms with E-state index in [2.05, 4.69) is 5.32 Å². The van der Waals surface area contributed by atoms with Gasteiger partial charge in [0.25, 0.3) is 5.91 Å². The van der Waals surface area contributed by atoms with Crippen LogP contribution < -0.4 is 10.2 Å². The molecular weight excluding hydrogens is 380 g/mol. The Hall–Kier alpha value is -2.86. The Labute approximate surface area is 168 Å². The van der Waals surface area contributed by atoms with Gasteiger partial charge in [-0.3, -0.25) is 19.3 Å². The fourth-order valence-electron chi connectivity index (χ4n) is 3.22. The van der Waals surface area contributed by atoms with Gasteiger partial charge in [0.05, 0.1) is 17.3 Å². The van der Waals surface area contributed by atoms with Gasteiger partial charge in [0.15, 0.2) is 6.61 Å². The van der Waals surface area contributed by atoms with Crippen LogP contribution in [0.5, 0.6) is 0 Å². The Balaban J connectivity index is 1.70. The van der Waals surface area contributed by atoms with Crippen LogP contribution >= 0.6 is 11.6 Å². The van der Waals surface area contributed by atoms with Crippen molar-refractivity contribution in [1.29, 1.82) is 0 Å². The first-order chi connectivity index (χ1) is 13.4. The van der Waals surface area contributed by atoms with Crippen LogP contribution in [0.1, 0.15) is 25.3 Å². The lowest BCUT2D eigenvalue weighted by Crippen LogP contribution is -2.44. The van der Waals surface area contributed by atoms with E-state index in [1.165, 1.54) is 4.90 Å². The summed E-state index contributed by atoms with van der Waals surface area (Å²) in [6, 6.07) is 14.0. The smallest absolute Gasteiger partial charge is 0.314 e. The van der Waals surface area contributed by atoms with Crippen LogP contribution in [0.15, 0.2) is 48.5 Å². The number of amides is 2. The number of carbonyl (C=O) groups is 3. The third-order valence-electron chi connectivity index (χ3n) is 4.56. The van der Waals surface area contributed by atoms with Crippen LogP contribution in [-0.2, 0) is 19.1 Å². The fourth-order valence-corrected chi connectivity index (χ4v) is 3.35. The van der Waals surface area contributed by atoms with Gasteiger partial charge < -0.3 is 10.1 Å². The second kappa shape index (κ2) is 8.44. The predicted molar refractivity (Wildman–Crippen MR) is 107 cm³/mol. The molecule has 2 aromatic carbocycles. The third-order valence-corrected chi connectivity index (χ3v) is 4.81. The van der Waals surface area contributed by atoms with Gasteiger partial charge in [-0.05, 0) is 35.7 Å². The molecule has 1 aliphatic heterocycles. The van der Waals surface area contributed by atoms with Crippen molar-refractivity contribution < 1.29 is 19.1 Å². The number of benzene rings is 2. The maximum absolute atomic E-state index is 12.7. The van der Waals surface area contributed by atoms with Crippen LogP contribution in [0, 0.1) is 5.92 Å². The molecule has 1 N–H and O–H groups in total. The van der Waals surface area contributed by atoms with E-state index < -0.39 is 24.4 Å². The number of fused-ring (bicyclic) bond motifs is 1. The summed E-state index contributed by atoms with van der Waals surface area (Å²) >= 11 is 5.92. The Bertz CT molecular complexity index is 896. The van der Waals surface area contributed by atoms with Gasteiger partial charge in [0.2, 0.25) is 5.91 Å². The Morgan fingerprint density at radius 2 is 1.82 bits per heavy atom. The SMILES string of the molecule is CC(C)[C@H](C(=O)OCC(=O)N1CC(=O)Nc2ccccc21)c1ccc(Cl)cc1. The Morgan fingerprint density at radius 3 is 2.50 bits per heavy atom. The molecule has 0 saturated carbocycles. The van der Waals surface area contributed by atoms with Crippen molar-refractivity contribution in [1.82, 2.24) is 0 Å². The average molecular weight is 401 g/mol. The average Bonchev–Trinajstić information content (AvgIpc) is 2.66. The van der Waals surface area contributed by atoms with E-state index in [0.717, 1.165) is 5.56 Å². The Kier molecular flexibility index (Phi) is 5.99. The molecule has 7 heteroatoms. The summed E-state index contributed by atoms with van der Waals surface area (Å²) in [5.74, 6) is -1.76. The number of hydrogen-bond acceptors (Lipinski definition) is 4. The third kappa shape index (κ3) is 4.34. The molecule has 0 radical (unpaired) electrons. The summed E-state index contributed by atoms with van der Waals surface area (Å²) in [6.45, 7) is 3.27. The molecule has 0 saturated heterocycles. The number of esters is 1. The standard InChI is InChI=1S/C21H21ClN2O4/c1-13(2)20(14-7-9-15(22)10-8-14)21(27)28-12-19(26)24-11-18(25)23-16-5-3-4-6-17(16)24/h3-10,13,20H,11-12H2,1-2H3,(H,23,25)/t20-/m0/s1. The normalized spacial score (nSPS) is 14.3. The van der Waals surface area contributed by atoms with Crippen molar-refractivity contribution in [2.45, 2.75) is 19.8 Å². The molecular formula is C21H21ClN2O4.